The topological polar surface area (TPSA) is 59.8 Å². The van der Waals surface area contributed by atoms with E-state index in [0.717, 1.165) is 18.0 Å². The largest absolute Gasteiger partial charge is 0.347 e. The monoisotopic (exact) mass is 352 g/mol. The second-order valence-electron chi connectivity index (χ2n) is 5.56. The fraction of sp³-hybridized carbons (Fsp3) is 0.562. The SMILES string of the molecule is CCC(CC)[C@@H](NC(=O)[C@H](C)Sc1nncn1C)c1cccs1. The van der Waals surface area contributed by atoms with Crippen molar-refractivity contribution < 1.29 is 4.79 Å². The van der Waals surface area contributed by atoms with Gasteiger partial charge in [0.25, 0.3) is 0 Å². The Bertz CT molecular complexity index is 607. The summed E-state index contributed by atoms with van der Waals surface area (Å²) >= 11 is 3.14. The van der Waals surface area contributed by atoms with E-state index in [4.69, 9.17) is 0 Å². The molecule has 0 spiro atoms. The van der Waals surface area contributed by atoms with E-state index in [1.165, 1.54) is 16.6 Å². The highest BCUT2D eigenvalue weighted by Gasteiger charge is 2.26. The van der Waals surface area contributed by atoms with Crippen molar-refractivity contribution in [3.63, 3.8) is 0 Å². The molecule has 23 heavy (non-hydrogen) atoms. The van der Waals surface area contributed by atoms with Crippen molar-refractivity contribution in [1.82, 2.24) is 20.1 Å². The summed E-state index contributed by atoms with van der Waals surface area (Å²) in [6, 6.07) is 4.23. The molecular formula is C16H24N4OS2. The molecule has 0 bridgehead atoms. The van der Waals surface area contributed by atoms with Gasteiger partial charge in [-0.2, -0.15) is 0 Å². The van der Waals surface area contributed by atoms with Gasteiger partial charge in [-0.1, -0.05) is 44.5 Å². The number of hydrogen-bond acceptors (Lipinski definition) is 5. The first-order chi connectivity index (χ1) is 11.1. The van der Waals surface area contributed by atoms with Gasteiger partial charge in [-0.25, -0.2) is 0 Å². The van der Waals surface area contributed by atoms with Crippen molar-refractivity contribution in [2.24, 2.45) is 13.0 Å². The first kappa shape index (κ1) is 18.0. The third-order valence-corrected chi connectivity index (χ3v) is 6.09. The Morgan fingerprint density at radius 3 is 2.70 bits per heavy atom. The molecule has 7 heteroatoms. The number of nitrogens with one attached hydrogen (secondary N) is 1. The molecular weight excluding hydrogens is 328 g/mol. The van der Waals surface area contributed by atoms with Gasteiger partial charge in [0.1, 0.15) is 6.33 Å². The lowest BCUT2D eigenvalue weighted by Crippen LogP contribution is -2.37. The minimum absolute atomic E-state index is 0.0447. The van der Waals surface area contributed by atoms with E-state index < -0.39 is 0 Å². The van der Waals surface area contributed by atoms with Gasteiger partial charge in [-0.3, -0.25) is 4.79 Å². The van der Waals surface area contributed by atoms with Crippen molar-refractivity contribution in [3.8, 4) is 0 Å². The molecule has 2 aromatic heterocycles. The molecule has 0 radical (unpaired) electrons. The van der Waals surface area contributed by atoms with Crippen LogP contribution in [-0.4, -0.2) is 25.9 Å². The molecule has 2 heterocycles. The first-order valence-electron chi connectivity index (χ1n) is 7.91. The summed E-state index contributed by atoms with van der Waals surface area (Å²) in [5.74, 6) is 0.493. The van der Waals surface area contributed by atoms with E-state index in [-0.39, 0.29) is 17.2 Å². The Hall–Kier alpha value is -1.34. The lowest BCUT2D eigenvalue weighted by Gasteiger charge is -2.26. The van der Waals surface area contributed by atoms with Crippen LogP contribution in [0.3, 0.4) is 0 Å². The number of aryl methyl sites for hydroxylation is 1. The normalized spacial score (nSPS) is 14.0. The fourth-order valence-corrected chi connectivity index (χ4v) is 4.18. The lowest BCUT2D eigenvalue weighted by atomic mass is 9.93. The first-order valence-corrected chi connectivity index (χ1v) is 9.67. The minimum Gasteiger partial charge on any atom is -0.347 e. The predicted molar refractivity (Wildman–Crippen MR) is 95.6 cm³/mol. The van der Waals surface area contributed by atoms with Crippen LogP contribution < -0.4 is 5.32 Å². The molecule has 1 amide bonds. The number of hydrogen-bond donors (Lipinski definition) is 1. The van der Waals surface area contributed by atoms with E-state index in [0.29, 0.717) is 5.92 Å². The van der Waals surface area contributed by atoms with Crippen LogP contribution in [0.2, 0.25) is 0 Å². The molecule has 126 valence electrons. The maximum atomic E-state index is 12.6. The molecule has 0 aliphatic carbocycles. The Kier molecular flexibility index (Phi) is 6.65. The quantitative estimate of drug-likeness (QED) is 0.737. The van der Waals surface area contributed by atoms with Crippen LogP contribution in [-0.2, 0) is 11.8 Å². The van der Waals surface area contributed by atoms with Crippen LogP contribution >= 0.6 is 23.1 Å². The van der Waals surface area contributed by atoms with Gasteiger partial charge in [-0.15, -0.1) is 21.5 Å². The molecule has 2 rings (SSSR count). The minimum atomic E-state index is -0.213. The zero-order valence-corrected chi connectivity index (χ0v) is 15.7. The Labute approximate surface area is 145 Å². The number of nitrogens with zero attached hydrogens (tertiary/aromatic N) is 3. The van der Waals surface area contributed by atoms with Gasteiger partial charge >= 0.3 is 0 Å². The zero-order valence-electron chi connectivity index (χ0n) is 14.0. The maximum Gasteiger partial charge on any atom is 0.233 e. The number of thioether (sulfide) groups is 1. The van der Waals surface area contributed by atoms with Gasteiger partial charge in [0, 0.05) is 11.9 Å². The van der Waals surface area contributed by atoms with Crippen molar-refractivity contribution in [3.05, 3.63) is 28.7 Å². The number of carbonyl (C=O) groups excluding carboxylic acids is 1. The van der Waals surface area contributed by atoms with Gasteiger partial charge in [0.2, 0.25) is 5.91 Å². The highest BCUT2D eigenvalue weighted by atomic mass is 32.2. The third-order valence-electron chi connectivity index (χ3n) is 3.99. The van der Waals surface area contributed by atoms with Crippen LogP contribution in [0.1, 0.15) is 44.5 Å². The van der Waals surface area contributed by atoms with Crippen molar-refractivity contribution in [2.75, 3.05) is 0 Å². The summed E-state index contributed by atoms with van der Waals surface area (Å²) < 4.78 is 1.83. The zero-order chi connectivity index (χ0) is 16.8. The summed E-state index contributed by atoms with van der Waals surface area (Å²) in [5, 5.41) is 13.7. The van der Waals surface area contributed by atoms with E-state index in [1.807, 2.05) is 24.6 Å². The molecule has 0 saturated carbocycles. The molecule has 2 aromatic rings. The standard InChI is InChI=1S/C16H24N4OS2/c1-5-12(6-2)14(13-8-7-9-22-13)18-15(21)11(3)23-16-19-17-10-20(16)4/h7-12,14H,5-6H2,1-4H3,(H,18,21)/t11-,14+/m0/s1. The highest BCUT2D eigenvalue weighted by Crippen LogP contribution is 2.31. The molecule has 0 aromatic carbocycles. The number of thiophene rings is 1. The smallest absolute Gasteiger partial charge is 0.233 e. The molecule has 0 unspecified atom stereocenters. The summed E-state index contributed by atoms with van der Waals surface area (Å²) in [7, 11) is 1.88. The van der Waals surface area contributed by atoms with E-state index in [9.17, 15) is 4.79 Å². The Morgan fingerprint density at radius 1 is 1.43 bits per heavy atom. The van der Waals surface area contributed by atoms with Crippen LogP contribution in [0.25, 0.3) is 0 Å². The summed E-state index contributed by atoms with van der Waals surface area (Å²) in [6.07, 6.45) is 3.74. The van der Waals surface area contributed by atoms with Gasteiger partial charge in [-0.05, 0) is 24.3 Å². The van der Waals surface area contributed by atoms with Gasteiger partial charge < -0.3 is 9.88 Å². The van der Waals surface area contributed by atoms with Crippen LogP contribution in [0.4, 0.5) is 0 Å². The van der Waals surface area contributed by atoms with E-state index in [2.05, 4.69) is 40.8 Å². The average Bonchev–Trinajstić information content (AvgIpc) is 3.19. The summed E-state index contributed by atoms with van der Waals surface area (Å²) in [6.45, 7) is 6.27. The highest BCUT2D eigenvalue weighted by molar-refractivity contribution is 8.00. The number of carbonyl (C=O) groups is 1. The Morgan fingerprint density at radius 2 is 2.17 bits per heavy atom. The van der Waals surface area contributed by atoms with Gasteiger partial charge in [0.05, 0.1) is 11.3 Å². The molecule has 0 aliphatic heterocycles. The molecule has 0 fully saturated rings. The predicted octanol–water partition coefficient (Wildman–Crippen LogP) is 3.65. The lowest BCUT2D eigenvalue weighted by molar-refractivity contribution is -0.121. The van der Waals surface area contributed by atoms with Crippen molar-refractivity contribution >= 4 is 29.0 Å². The number of rotatable bonds is 8. The summed E-state index contributed by atoms with van der Waals surface area (Å²) in [5.41, 5.74) is 0. The van der Waals surface area contributed by atoms with E-state index in [1.54, 1.807) is 17.7 Å². The second-order valence-corrected chi connectivity index (χ2v) is 7.85. The number of aromatic nitrogens is 3. The number of amides is 1. The second kappa shape index (κ2) is 8.49. The Balaban J connectivity index is 2.06. The van der Waals surface area contributed by atoms with Crippen LogP contribution in [0, 0.1) is 5.92 Å². The average molecular weight is 353 g/mol. The van der Waals surface area contributed by atoms with Crippen LogP contribution in [0.5, 0.6) is 0 Å². The van der Waals surface area contributed by atoms with Gasteiger partial charge in [0.15, 0.2) is 5.16 Å². The fourth-order valence-electron chi connectivity index (χ4n) is 2.51. The van der Waals surface area contributed by atoms with Crippen LogP contribution in [0.15, 0.2) is 29.0 Å². The molecule has 1 N–H and O–H groups in total. The molecule has 0 aliphatic rings. The van der Waals surface area contributed by atoms with Crippen molar-refractivity contribution in [1.29, 1.82) is 0 Å². The third kappa shape index (κ3) is 4.57. The molecule has 5 nitrogen and oxygen atoms in total. The molecule has 0 saturated heterocycles. The molecule has 2 atom stereocenters. The van der Waals surface area contributed by atoms with Crippen molar-refractivity contribution in [2.45, 2.75) is 50.1 Å². The maximum absolute atomic E-state index is 12.6. The van der Waals surface area contributed by atoms with E-state index >= 15 is 0 Å². The summed E-state index contributed by atoms with van der Waals surface area (Å²) in [4.78, 5) is 13.9.